The number of nitrogens with two attached hydrogens (primary N) is 1. The van der Waals surface area contributed by atoms with E-state index in [0.717, 1.165) is 6.07 Å². The minimum Gasteiger partial charge on any atom is -0.398 e. The molecule has 1 rings (SSSR count). The smallest absolute Gasteiger partial charge is 0.398 e. The molecule has 19 heavy (non-hydrogen) atoms. The van der Waals surface area contributed by atoms with E-state index in [1.807, 2.05) is 0 Å². The molecule has 9 heteroatoms. The minimum atomic E-state index is -4.61. The molecule has 0 saturated heterocycles. The average Bonchev–Trinajstić information content (AvgIpc) is 2.23. The van der Waals surface area contributed by atoms with E-state index in [1.54, 1.807) is 0 Å². The van der Waals surface area contributed by atoms with Crippen LogP contribution in [0.1, 0.15) is 12.0 Å². The Balaban J connectivity index is 2.88. The van der Waals surface area contributed by atoms with Crippen molar-refractivity contribution in [2.24, 2.45) is 0 Å². The highest BCUT2D eigenvalue weighted by molar-refractivity contribution is 7.85. The Kier molecular flexibility index (Phi) is 4.49. The third-order valence-electron chi connectivity index (χ3n) is 2.15. The van der Waals surface area contributed by atoms with Gasteiger partial charge in [-0.25, -0.2) is 0 Å². The molecule has 0 heterocycles. The zero-order valence-corrected chi connectivity index (χ0v) is 10.1. The summed E-state index contributed by atoms with van der Waals surface area (Å²) in [6.45, 7) is 0. The summed E-state index contributed by atoms with van der Waals surface area (Å²) < 4.78 is 84.3. The molecule has 1 unspecified atom stereocenters. The predicted molar refractivity (Wildman–Crippen MR) is 57.8 cm³/mol. The first-order valence-corrected chi connectivity index (χ1v) is 6.24. The highest BCUT2D eigenvalue weighted by Gasteiger charge is 2.32. The number of benzene rings is 1. The van der Waals surface area contributed by atoms with E-state index in [2.05, 4.69) is 0 Å². The van der Waals surface area contributed by atoms with Gasteiger partial charge in [0.15, 0.2) is 0 Å². The molecule has 0 amide bonds. The van der Waals surface area contributed by atoms with Crippen molar-refractivity contribution < 1.29 is 30.6 Å². The van der Waals surface area contributed by atoms with Crippen molar-refractivity contribution >= 4 is 16.5 Å². The molecule has 108 valence electrons. The van der Waals surface area contributed by atoms with Crippen LogP contribution < -0.4 is 5.73 Å². The zero-order chi connectivity index (χ0) is 14.8. The van der Waals surface area contributed by atoms with Crippen LogP contribution in [0, 0.1) is 0 Å². The van der Waals surface area contributed by atoms with Crippen LogP contribution in [0.4, 0.5) is 32.0 Å². The van der Waals surface area contributed by atoms with Crippen LogP contribution in [0.5, 0.6) is 0 Å². The second-order valence-corrected chi connectivity index (χ2v) is 5.20. The molecule has 1 aromatic rings. The quantitative estimate of drug-likeness (QED) is 0.687. The fourth-order valence-corrected chi connectivity index (χ4v) is 2.43. The Hall–Kier alpha value is -1.25. The molecular weight excluding hydrogens is 296 g/mol. The molecule has 2 nitrogen and oxygen atoms in total. The largest absolute Gasteiger partial charge is 0.416 e. The Morgan fingerprint density at radius 3 is 2.11 bits per heavy atom. The summed E-state index contributed by atoms with van der Waals surface area (Å²) in [5.41, 5.74) is 3.81. The van der Waals surface area contributed by atoms with E-state index in [1.165, 1.54) is 0 Å². The van der Waals surface area contributed by atoms with E-state index >= 15 is 0 Å². The first-order chi connectivity index (χ1) is 8.50. The lowest BCUT2D eigenvalue weighted by atomic mass is 10.2. The maximum absolute atomic E-state index is 12.3. The Bertz CT molecular complexity index is 482. The Morgan fingerprint density at radius 2 is 1.68 bits per heavy atom. The van der Waals surface area contributed by atoms with Crippen LogP contribution in [-0.2, 0) is 17.0 Å². The van der Waals surface area contributed by atoms with Gasteiger partial charge in [0, 0.05) is 11.4 Å². The molecule has 0 fully saturated rings. The van der Waals surface area contributed by atoms with Gasteiger partial charge in [0.25, 0.3) is 0 Å². The van der Waals surface area contributed by atoms with Crippen LogP contribution in [-0.4, -0.2) is 16.1 Å². The summed E-state index contributed by atoms with van der Waals surface area (Å²) in [6, 6.07) is 2.03. The topological polar surface area (TPSA) is 43.1 Å². The molecule has 0 aliphatic carbocycles. The summed E-state index contributed by atoms with van der Waals surface area (Å²) in [5, 5.41) is 0. The SMILES string of the molecule is Nc1cc(C(F)(F)F)ccc1S(=O)CCC(F)(F)F. The standard InChI is InChI=1S/C10H9F6NOS/c11-9(12,13)3-4-19(18)8-2-1-6(5-7(8)17)10(14,15)16/h1-2,5H,3-4,17H2. The highest BCUT2D eigenvalue weighted by Crippen LogP contribution is 2.32. The second-order valence-electron chi connectivity index (χ2n) is 3.67. The minimum absolute atomic E-state index is 0.225. The van der Waals surface area contributed by atoms with Crippen molar-refractivity contribution in [2.75, 3.05) is 11.5 Å². The molecule has 0 spiro atoms. The van der Waals surface area contributed by atoms with E-state index in [-0.39, 0.29) is 4.90 Å². The number of alkyl halides is 6. The summed E-state index contributed by atoms with van der Waals surface area (Å²) in [4.78, 5) is -0.225. The number of halogens is 6. The average molecular weight is 305 g/mol. The first-order valence-electron chi connectivity index (χ1n) is 4.92. The van der Waals surface area contributed by atoms with Crippen molar-refractivity contribution in [1.82, 2.24) is 0 Å². The summed E-state index contributed by atoms with van der Waals surface area (Å²) in [5.74, 6) is -0.737. The lowest BCUT2D eigenvalue weighted by molar-refractivity contribution is -0.137. The summed E-state index contributed by atoms with van der Waals surface area (Å²) in [7, 11) is -2.09. The monoisotopic (exact) mass is 305 g/mol. The lowest BCUT2D eigenvalue weighted by Crippen LogP contribution is -2.14. The van der Waals surface area contributed by atoms with Gasteiger partial charge in [0.05, 0.1) is 27.7 Å². The van der Waals surface area contributed by atoms with Gasteiger partial charge < -0.3 is 5.73 Å². The van der Waals surface area contributed by atoms with Gasteiger partial charge in [0.1, 0.15) is 0 Å². The molecule has 0 aliphatic heterocycles. The molecule has 0 aromatic heterocycles. The van der Waals surface area contributed by atoms with E-state index in [9.17, 15) is 30.6 Å². The fourth-order valence-electron chi connectivity index (χ4n) is 1.25. The second kappa shape index (κ2) is 5.40. The van der Waals surface area contributed by atoms with Gasteiger partial charge in [-0.1, -0.05) is 0 Å². The number of anilines is 1. The molecule has 0 saturated carbocycles. The molecule has 0 aliphatic rings. The van der Waals surface area contributed by atoms with Crippen molar-refractivity contribution in [1.29, 1.82) is 0 Å². The van der Waals surface area contributed by atoms with Gasteiger partial charge in [0.2, 0.25) is 0 Å². The van der Waals surface area contributed by atoms with Crippen molar-refractivity contribution in [3.05, 3.63) is 23.8 Å². The summed E-state index contributed by atoms with van der Waals surface area (Å²) >= 11 is 0. The van der Waals surface area contributed by atoms with Crippen LogP contribution in [0.15, 0.2) is 23.1 Å². The Labute approximate surface area is 107 Å². The van der Waals surface area contributed by atoms with Gasteiger partial charge in [-0.2, -0.15) is 26.3 Å². The highest BCUT2D eigenvalue weighted by atomic mass is 32.2. The van der Waals surface area contributed by atoms with E-state index < -0.39 is 46.6 Å². The predicted octanol–water partition coefficient (Wildman–Crippen LogP) is 3.35. The van der Waals surface area contributed by atoms with Crippen LogP contribution in [0.2, 0.25) is 0 Å². The normalized spacial score (nSPS) is 14.4. The molecule has 1 aromatic carbocycles. The lowest BCUT2D eigenvalue weighted by Gasteiger charge is -2.11. The van der Waals surface area contributed by atoms with Gasteiger partial charge in [-0.3, -0.25) is 4.21 Å². The van der Waals surface area contributed by atoms with Gasteiger partial charge in [-0.05, 0) is 18.2 Å². The first kappa shape index (κ1) is 15.8. The Morgan fingerprint density at radius 1 is 1.11 bits per heavy atom. The van der Waals surface area contributed by atoms with Crippen molar-refractivity contribution in [3.63, 3.8) is 0 Å². The van der Waals surface area contributed by atoms with Crippen molar-refractivity contribution in [3.8, 4) is 0 Å². The molecule has 1 atom stereocenters. The van der Waals surface area contributed by atoms with Crippen LogP contribution in [0.3, 0.4) is 0 Å². The van der Waals surface area contributed by atoms with Crippen LogP contribution in [0.25, 0.3) is 0 Å². The van der Waals surface area contributed by atoms with Crippen molar-refractivity contribution in [2.45, 2.75) is 23.7 Å². The molecule has 0 bridgehead atoms. The number of hydrogen-bond acceptors (Lipinski definition) is 2. The van der Waals surface area contributed by atoms with Crippen LogP contribution >= 0.6 is 0 Å². The van der Waals surface area contributed by atoms with E-state index in [4.69, 9.17) is 5.73 Å². The number of nitrogen functional groups attached to an aromatic ring is 1. The van der Waals surface area contributed by atoms with E-state index in [0.29, 0.717) is 12.1 Å². The summed E-state index contributed by atoms with van der Waals surface area (Å²) in [6.07, 6.45) is -10.4. The van der Waals surface area contributed by atoms with Gasteiger partial charge >= 0.3 is 12.4 Å². The molecule has 2 N–H and O–H groups in total. The number of rotatable bonds is 3. The maximum Gasteiger partial charge on any atom is 0.416 e. The zero-order valence-electron chi connectivity index (χ0n) is 9.31. The van der Waals surface area contributed by atoms with Gasteiger partial charge in [-0.15, -0.1) is 0 Å². The fraction of sp³-hybridized carbons (Fsp3) is 0.400. The third kappa shape index (κ3) is 4.73. The third-order valence-corrected chi connectivity index (χ3v) is 3.59. The maximum atomic E-state index is 12.3. The number of hydrogen-bond donors (Lipinski definition) is 1. The molecule has 0 radical (unpaired) electrons. The molecular formula is C10H9F6NOS.